The lowest BCUT2D eigenvalue weighted by Crippen LogP contribution is -2.11. The van der Waals surface area contributed by atoms with E-state index < -0.39 is 0 Å². The van der Waals surface area contributed by atoms with Gasteiger partial charge in [0, 0.05) is 6.54 Å². The summed E-state index contributed by atoms with van der Waals surface area (Å²) in [5.41, 5.74) is 5.10. The molecule has 0 radical (unpaired) electrons. The summed E-state index contributed by atoms with van der Waals surface area (Å²) in [7, 11) is 1.57. The van der Waals surface area contributed by atoms with Crippen LogP contribution in [0.25, 0.3) is 11.0 Å². The summed E-state index contributed by atoms with van der Waals surface area (Å²) in [6.45, 7) is 0.604. The molecule has 1 aromatic heterocycles. The molecule has 5 nitrogen and oxygen atoms in total. The minimum absolute atomic E-state index is 0.190. The molecular weight excluding hydrogens is 194 g/mol. The van der Waals surface area contributed by atoms with Gasteiger partial charge in [-0.15, -0.1) is 0 Å². The topological polar surface area (TPSA) is 67.0 Å². The molecule has 78 valence electrons. The Labute approximate surface area is 86.1 Å². The number of aromatic amines is 1. The molecule has 0 spiro atoms. The van der Waals surface area contributed by atoms with Gasteiger partial charge in [0.1, 0.15) is 0 Å². The molecule has 0 unspecified atom stereocenters. The minimum atomic E-state index is -0.190. The van der Waals surface area contributed by atoms with E-state index in [9.17, 15) is 4.79 Å². The predicted octanol–water partition coefficient (Wildman–Crippen LogP) is 0.574. The molecule has 0 aliphatic heterocycles. The maximum absolute atomic E-state index is 11.0. The van der Waals surface area contributed by atoms with Crippen LogP contribution in [0.15, 0.2) is 29.2 Å². The molecule has 0 amide bonds. The first-order valence-electron chi connectivity index (χ1n) is 4.53. The third-order valence-electron chi connectivity index (χ3n) is 2.06. The zero-order valence-electron chi connectivity index (χ0n) is 8.28. The van der Waals surface area contributed by atoms with Crippen LogP contribution >= 0.6 is 0 Å². The van der Waals surface area contributed by atoms with E-state index in [2.05, 4.69) is 15.4 Å². The second-order valence-electron chi connectivity index (χ2n) is 3.12. The van der Waals surface area contributed by atoms with Gasteiger partial charge in [-0.25, -0.2) is 4.98 Å². The predicted molar refractivity (Wildman–Crippen MR) is 56.2 cm³/mol. The van der Waals surface area contributed by atoms with E-state index in [1.165, 1.54) is 6.20 Å². The van der Waals surface area contributed by atoms with Crippen molar-refractivity contribution < 1.29 is 4.84 Å². The highest BCUT2D eigenvalue weighted by molar-refractivity contribution is 5.74. The number of hydroxylamine groups is 1. The van der Waals surface area contributed by atoms with Crippen molar-refractivity contribution in [1.29, 1.82) is 0 Å². The van der Waals surface area contributed by atoms with Gasteiger partial charge in [-0.05, 0) is 17.7 Å². The Morgan fingerprint density at radius 2 is 2.40 bits per heavy atom. The highest BCUT2D eigenvalue weighted by atomic mass is 16.6. The van der Waals surface area contributed by atoms with Crippen molar-refractivity contribution in [2.45, 2.75) is 6.54 Å². The number of benzene rings is 1. The first-order chi connectivity index (χ1) is 7.29. The van der Waals surface area contributed by atoms with Gasteiger partial charge in [-0.1, -0.05) is 6.07 Å². The molecule has 0 saturated carbocycles. The molecular formula is C10H11N3O2. The van der Waals surface area contributed by atoms with Crippen molar-refractivity contribution in [3.8, 4) is 0 Å². The lowest BCUT2D eigenvalue weighted by Gasteiger charge is -2.03. The Balaban J connectivity index is 2.39. The fraction of sp³-hybridized carbons (Fsp3) is 0.200. The largest absolute Gasteiger partial charge is 0.319 e. The second kappa shape index (κ2) is 4.20. The maximum atomic E-state index is 11.0. The summed E-state index contributed by atoms with van der Waals surface area (Å²) in [5.74, 6) is 0. The number of aromatic nitrogens is 2. The van der Waals surface area contributed by atoms with Gasteiger partial charge in [0.15, 0.2) is 0 Å². The molecule has 1 heterocycles. The van der Waals surface area contributed by atoms with Gasteiger partial charge < -0.3 is 9.82 Å². The SMILES string of the molecule is CONCc1ccc2[nH]c(=O)cnc2c1. The Morgan fingerprint density at radius 1 is 1.53 bits per heavy atom. The van der Waals surface area contributed by atoms with Crippen LogP contribution in [0.2, 0.25) is 0 Å². The molecule has 0 fully saturated rings. The van der Waals surface area contributed by atoms with Gasteiger partial charge >= 0.3 is 0 Å². The van der Waals surface area contributed by atoms with E-state index >= 15 is 0 Å². The Kier molecular flexibility index (Phi) is 2.75. The molecule has 0 atom stereocenters. The summed E-state index contributed by atoms with van der Waals surface area (Å²) in [6, 6.07) is 5.64. The average molecular weight is 205 g/mol. The number of nitrogens with zero attached hydrogens (tertiary/aromatic N) is 1. The van der Waals surface area contributed by atoms with Crippen LogP contribution in [0.1, 0.15) is 5.56 Å². The summed E-state index contributed by atoms with van der Waals surface area (Å²) >= 11 is 0. The normalized spacial score (nSPS) is 10.7. The average Bonchev–Trinajstić information content (AvgIpc) is 2.26. The fourth-order valence-electron chi connectivity index (χ4n) is 1.35. The number of hydrogen-bond donors (Lipinski definition) is 2. The summed E-state index contributed by atoms with van der Waals surface area (Å²) < 4.78 is 0. The highest BCUT2D eigenvalue weighted by Crippen LogP contribution is 2.09. The van der Waals surface area contributed by atoms with Crippen LogP contribution in [0.5, 0.6) is 0 Å². The van der Waals surface area contributed by atoms with Crippen LogP contribution in [0.3, 0.4) is 0 Å². The quantitative estimate of drug-likeness (QED) is 0.719. The zero-order chi connectivity index (χ0) is 10.7. The van der Waals surface area contributed by atoms with Crippen molar-refractivity contribution in [2.24, 2.45) is 0 Å². The zero-order valence-corrected chi connectivity index (χ0v) is 8.28. The molecule has 2 N–H and O–H groups in total. The number of rotatable bonds is 3. The van der Waals surface area contributed by atoms with Gasteiger partial charge in [-0.2, -0.15) is 5.48 Å². The third-order valence-corrected chi connectivity index (χ3v) is 2.06. The Bertz CT molecular complexity index is 521. The van der Waals surface area contributed by atoms with E-state index in [0.29, 0.717) is 6.54 Å². The molecule has 5 heteroatoms. The van der Waals surface area contributed by atoms with Crippen molar-refractivity contribution in [3.05, 3.63) is 40.3 Å². The van der Waals surface area contributed by atoms with Gasteiger partial charge in [-0.3, -0.25) is 4.79 Å². The van der Waals surface area contributed by atoms with Crippen LogP contribution in [0.4, 0.5) is 0 Å². The van der Waals surface area contributed by atoms with Crippen LogP contribution < -0.4 is 11.0 Å². The van der Waals surface area contributed by atoms with Crippen LogP contribution in [-0.4, -0.2) is 17.1 Å². The third kappa shape index (κ3) is 2.20. The molecule has 0 saturated heterocycles. The standard InChI is InChI=1S/C10H11N3O2/c1-15-12-5-7-2-3-8-9(4-7)11-6-10(14)13-8/h2-4,6,12H,5H2,1H3,(H,13,14). The van der Waals surface area contributed by atoms with Crippen molar-refractivity contribution in [3.63, 3.8) is 0 Å². The van der Waals surface area contributed by atoms with E-state index in [0.717, 1.165) is 16.6 Å². The summed E-state index contributed by atoms with van der Waals surface area (Å²) in [4.78, 5) is 22.5. The maximum Gasteiger partial charge on any atom is 0.266 e. The molecule has 0 bridgehead atoms. The van der Waals surface area contributed by atoms with Crippen LogP contribution in [-0.2, 0) is 11.4 Å². The molecule has 0 aliphatic rings. The molecule has 15 heavy (non-hydrogen) atoms. The molecule has 0 aliphatic carbocycles. The number of fused-ring (bicyclic) bond motifs is 1. The lowest BCUT2D eigenvalue weighted by molar-refractivity contribution is 0.0867. The van der Waals surface area contributed by atoms with E-state index in [4.69, 9.17) is 4.84 Å². The van der Waals surface area contributed by atoms with Gasteiger partial charge in [0.05, 0.1) is 24.3 Å². The Morgan fingerprint density at radius 3 is 3.20 bits per heavy atom. The lowest BCUT2D eigenvalue weighted by atomic mass is 10.2. The first kappa shape index (κ1) is 9.82. The van der Waals surface area contributed by atoms with E-state index in [-0.39, 0.29) is 5.56 Å². The highest BCUT2D eigenvalue weighted by Gasteiger charge is 1.98. The fourth-order valence-corrected chi connectivity index (χ4v) is 1.35. The monoisotopic (exact) mass is 205 g/mol. The number of H-pyrrole nitrogens is 1. The summed E-state index contributed by atoms with van der Waals surface area (Å²) in [5, 5.41) is 0. The molecule has 1 aromatic carbocycles. The van der Waals surface area contributed by atoms with E-state index in [1.54, 1.807) is 7.11 Å². The van der Waals surface area contributed by atoms with Crippen molar-refractivity contribution >= 4 is 11.0 Å². The molecule has 2 aromatic rings. The number of nitrogens with one attached hydrogen (secondary N) is 2. The van der Waals surface area contributed by atoms with Gasteiger partial charge in [0.2, 0.25) is 0 Å². The van der Waals surface area contributed by atoms with Crippen molar-refractivity contribution in [2.75, 3.05) is 7.11 Å². The van der Waals surface area contributed by atoms with E-state index in [1.807, 2.05) is 18.2 Å². The smallest absolute Gasteiger partial charge is 0.266 e. The molecule has 2 rings (SSSR count). The minimum Gasteiger partial charge on any atom is -0.319 e. The second-order valence-corrected chi connectivity index (χ2v) is 3.12. The van der Waals surface area contributed by atoms with Gasteiger partial charge in [0.25, 0.3) is 5.56 Å². The first-order valence-corrected chi connectivity index (χ1v) is 4.53. The number of hydrogen-bond acceptors (Lipinski definition) is 4. The van der Waals surface area contributed by atoms with Crippen molar-refractivity contribution in [1.82, 2.24) is 15.4 Å². The summed E-state index contributed by atoms with van der Waals surface area (Å²) in [6.07, 6.45) is 1.27. The van der Waals surface area contributed by atoms with Crippen LogP contribution in [0, 0.1) is 0 Å². The Hall–Kier alpha value is -1.72.